The monoisotopic (exact) mass is 251 g/mol. The number of hydrogen-bond donors (Lipinski definition) is 0. The van der Waals surface area contributed by atoms with Crippen LogP contribution in [-0.2, 0) is 6.42 Å². The van der Waals surface area contributed by atoms with E-state index in [0.717, 1.165) is 12.2 Å². The second-order valence-corrected chi connectivity index (χ2v) is 5.65. The minimum atomic E-state index is 0.390. The van der Waals surface area contributed by atoms with Gasteiger partial charge in [-0.3, -0.25) is 0 Å². The van der Waals surface area contributed by atoms with E-state index in [-0.39, 0.29) is 0 Å². The minimum absolute atomic E-state index is 0.390. The van der Waals surface area contributed by atoms with E-state index in [4.69, 9.17) is 0 Å². The van der Waals surface area contributed by atoms with Gasteiger partial charge in [0.05, 0.1) is 5.69 Å². The highest BCUT2D eigenvalue weighted by Gasteiger charge is 2.41. The standard InChI is InChI=1S/C16H17N3/c1-10-4-5-13-12(6-10)8-15-18(3)14-7-11(2)9-17-16(14)19(13)15/h4-7,9,15H,8H2,1-3H3. The van der Waals surface area contributed by atoms with Gasteiger partial charge in [0.25, 0.3) is 0 Å². The van der Waals surface area contributed by atoms with Crippen LogP contribution < -0.4 is 9.80 Å². The van der Waals surface area contributed by atoms with E-state index in [0.29, 0.717) is 6.17 Å². The molecule has 3 nitrogen and oxygen atoms in total. The van der Waals surface area contributed by atoms with Crippen LogP contribution in [0.3, 0.4) is 0 Å². The zero-order chi connectivity index (χ0) is 13.1. The predicted octanol–water partition coefficient (Wildman–Crippen LogP) is 3.17. The third-order valence-corrected chi connectivity index (χ3v) is 4.23. The van der Waals surface area contributed by atoms with Crippen molar-refractivity contribution in [2.75, 3.05) is 16.8 Å². The Morgan fingerprint density at radius 3 is 2.79 bits per heavy atom. The Bertz CT molecular complexity index is 678. The molecular formula is C16H17N3. The summed E-state index contributed by atoms with van der Waals surface area (Å²) in [4.78, 5) is 9.39. The summed E-state index contributed by atoms with van der Waals surface area (Å²) >= 11 is 0. The molecule has 1 aromatic heterocycles. The van der Waals surface area contributed by atoms with Crippen molar-refractivity contribution < 1.29 is 0 Å². The van der Waals surface area contributed by atoms with Gasteiger partial charge in [-0.15, -0.1) is 0 Å². The molecule has 1 aromatic carbocycles. The van der Waals surface area contributed by atoms with Gasteiger partial charge in [0.1, 0.15) is 6.17 Å². The van der Waals surface area contributed by atoms with Crippen LogP contribution in [0.1, 0.15) is 16.7 Å². The van der Waals surface area contributed by atoms with Crippen LogP contribution in [0, 0.1) is 13.8 Å². The van der Waals surface area contributed by atoms with Gasteiger partial charge in [-0.05, 0) is 37.1 Å². The number of aryl methyl sites for hydroxylation is 2. The first-order valence-corrected chi connectivity index (χ1v) is 6.73. The smallest absolute Gasteiger partial charge is 0.158 e. The number of benzene rings is 1. The Morgan fingerprint density at radius 1 is 1.11 bits per heavy atom. The molecule has 1 unspecified atom stereocenters. The molecule has 0 spiro atoms. The van der Waals surface area contributed by atoms with E-state index in [1.165, 1.54) is 28.1 Å². The van der Waals surface area contributed by atoms with Crippen molar-refractivity contribution in [1.82, 2.24) is 4.98 Å². The van der Waals surface area contributed by atoms with Crippen LogP contribution in [0.4, 0.5) is 17.2 Å². The average Bonchev–Trinajstić information content (AvgIpc) is 2.86. The molecule has 0 N–H and O–H groups in total. The first-order valence-electron chi connectivity index (χ1n) is 6.73. The molecule has 3 heterocycles. The Morgan fingerprint density at radius 2 is 1.95 bits per heavy atom. The molecule has 0 fully saturated rings. The second kappa shape index (κ2) is 3.50. The van der Waals surface area contributed by atoms with Crippen molar-refractivity contribution in [1.29, 1.82) is 0 Å². The molecule has 0 saturated carbocycles. The summed E-state index contributed by atoms with van der Waals surface area (Å²) in [5.41, 5.74) is 6.55. The summed E-state index contributed by atoms with van der Waals surface area (Å²) in [6, 6.07) is 8.95. The zero-order valence-corrected chi connectivity index (χ0v) is 11.5. The van der Waals surface area contributed by atoms with Crippen LogP contribution >= 0.6 is 0 Å². The number of aromatic nitrogens is 1. The van der Waals surface area contributed by atoms with Crippen LogP contribution in [-0.4, -0.2) is 18.2 Å². The lowest BCUT2D eigenvalue weighted by atomic mass is 10.1. The van der Waals surface area contributed by atoms with Crippen molar-refractivity contribution in [3.05, 3.63) is 47.2 Å². The number of hydrogen-bond acceptors (Lipinski definition) is 3. The molecule has 0 saturated heterocycles. The van der Waals surface area contributed by atoms with Gasteiger partial charge in [-0.25, -0.2) is 4.98 Å². The third kappa shape index (κ3) is 1.35. The van der Waals surface area contributed by atoms with Gasteiger partial charge in [-0.2, -0.15) is 0 Å². The summed E-state index contributed by atoms with van der Waals surface area (Å²) < 4.78 is 0. The van der Waals surface area contributed by atoms with E-state index < -0.39 is 0 Å². The highest BCUT2D eigenvalue weighted by atomic mass is 15.4. The van der Waals surface area contributed by atoms with E-state index in [1.54, 1.807) is 0 Å². The summed E-state index contributed by atoms with van der Waals surface area (Å²) in [6.07, 6.45) is 3.42. The molecule has 0 aliphatic carbocycles. The van der Waals surface area contributed by atoms with Crippen LogP contribution in [0.5, 0.6) is 0 Å². The zero-order valence-electron chi connectivity index (χ0n) is 11.5. The van der Waals surface area contributed by atoms with E-state index in [9.17, 15) is 0 Å². The lowest BCUT2D eigenvalue weighted by Gasteiger charge is -2.23. The van der Waals surface area contributed by atoms with Gasteiger partial charge >= 0.3 is 0 Å². The summed E-state index contributed by atoms with van der Waals surface area (Å²) in [5, 5.41) is 0. The number of nitrogens with zero attached hydrogens (tertiary/aromatic N) is 3. The van der Waals surface area contributed by atoms with Crippen molar-refractivity contribution in [3.63, 3.8) is 0 Å². The number of rotatable bonds is 0. The van der Waals surface area contributed by atoms with Crippen molar-refractivity contribution in [2.24, 2.45) is 0 Å². The van der Waals surface area contributed by atoms with Gasteiger partial charge in [-0.1, -0.05) is 17.7 Å². The molecule has 3 heteroatoms. The molecule has 4 rings (SSSR count). The Hall–Kier alpha value is -2.03. The summed E-state index contributed by atoms with van der Waals surface area (Å²) in [6.45, 7) is 4.25. The van der Waals surface area contributed by atoms with Gasteiger partial charge < -0.3 is 9.80 Å². The van der Waals surface area contributed by atoms with E-state index >= 15 is 0 Å². The first-order chi connectivity index (χ1) is 9.15. The molecular weight excluding hydrogens is 234 g/mol. The second-order valence-electron chi connectivity index (χ2n) is 5.65. The molecule has 2 aromatic rings. The van der Waals surface area contributed by atoms with Crippen LogP contribution in [0.2, 0.25) is 0 Å². The fourth-order valence-electron chi connectivity index (χ4n) is 3.28. The molecule has 0 amide bonds. The van der Waals surface area contributed by atoms with E-state index in [1.807, 2.05) is 6.20 Å². The molecule has 2 aliphatic rings. The fourth-order valence-corrected chi connectivity index (χ4v) is 3.28. The topological polar surface area (TPSA) is 19.4 Å². The molecule has 96 valence electrons. The van der Waals surface area contributed by atoms with Crippen molar-refractivity contribution in [3.8, 4) is 0 Å². The van der Waals surface area contributed by atoms with Gasteiger partial charge in [0.2, 0.25) is 0 Å². The van der Waals surface area contributed by atoms with Gasteiger partial charge in [0.15, 0.2) is 5.82 Å². The van der Waals surface area contributed by atoms with Crippen molar-refractivity contribution >= 4 is 17.2 Å². The maximum absolute atomic E-state index is 4.66. The maximum atomic E-state index is 4.66. The highest BCUT2D eigenvalue weighted by molar-refractivity contribution is 5.84. The highest BCUT2D eigenvalue weighted by Crippen LogP contribution is 2.48. The molecule has 2 aliphatic heterocycles. The van der Waals surface area contributed by atoms with Gasteiger partial charge in [0, 0.05) is 25.4 Å². The third-order valence-electron chi connectivity index (χ3n) is 4.23. The molecule has 0 bridgehead atoms. The summed E-state index contributed by atoms with van der Waals surface area (Å²) in [7, 11) is 2.17. The average molecular weight is 251 g/mol. The largest absolute Gasteiger partial charge is 0.351 e. The predicted molar refractivity (Wildman–Crippen MR) is 78.2 cm³/mol. The molecule has 19 heavy (non-hydrogen) atoms. The Kier molecular flexibility index (Phi) is 2.00. The molecule has 0 radical (unpaired) electrons. The first kappa shape index (κ1) is 10.9. The summed E-state index contributed by atoms with van der Waals surface area (Å²) in [5.74, 6) is 1.10. The van der Waals surface area contributed by atoms with Crippen LogP contribution in [0.25, 0.3) is 0 Å². The number of likely N-dealkylation sites (N-methyl/N-ethyl adjacent to an activating group) is 1. The minimum Gasteiger partial charge on any atom is -0.351 e. The Labute approximate surface area is 113 Å². The normalized spacial score (nSPS) is 19.4. The lowest BCUT2D eigenvalue weighted by molar-refractivity contribution is 0.701. The SMILES string of the molecule is Cc1ccc2c(c1)CC1N(C)c3cc(C)cnc3N21. The lowest BCUT2D eigenvalue weighted by Crippen LogP contribution is -2.36. The van der Waals surface area contributed by atoms with Crippen LogP contribution in [0.15, 0.2) is 30.5 Å². The quantitative estimate of drug-likeness (QED) is 0.717. The maximum Gasteiger partial charge on any atom is 0.158 e. The number of anilines is 3. The fraction of sp³-hybridized carbons (Fsp3) is 0.312. The number of fused-ring (bicyclic) bond motifs is 5. The molecule has 1 atom stereocenters. The number of pyridine rings is 1. The Balaban J connectivity index is 1.91. The van der Waals surface area contributed by atoms with E-state index in [2.05, 4.69) is 59.9 Å². The van der Waals surface area contributed by atoms with Crippen molar-refractivity contribution in [2.45, 2.75) is 26.4 Å².